The van der Waals surface area contributed by atoms with Gasteiger partial charge in [0.1, 0.15) is 19.0 Å². The number of carboxylic acids is 1. The van der Waals surface area contributed by atoms with Gasteiger partial charge in [-0.15, -0.1) is 0 Å². The van der Waals surface area contributed by atoms with E-state index < -0.39 is 11.9 Å². The molecular weight excluding hydrogens is 363 g/mol. The third-order valence-electron chi connectivity index (χ3n) is 2.09. The Balaban J connectivity index is 2.48. The number of carboxylic acid groups (broad SMARTS) is 1. The van der Waals surface area contributed by atoms with Gasteiger partial charge in [0.05, 0.1) is 9.54 Å². The molecule has 19 heavy (non-hydrogen) atoms. The fourth-order valence-corrected chi connectivity index (χ4v) is 1.83. The minimum atomic E-state index is -1.24. The average Bonchev–Trinajstić information content (AvgIpc) is 2.35. The quantitative estimate of drug-likeness (QED) is 0.323. The summed E-state index contributed by atoms with van der Waals surface area (Å²) in [6, 6.07) is 4.38. The normalized spacial score (nSPS) is 9.79. The summed E-state index contributed by atoms with van der Waals surface area (Å²) in [5, 5.41) is 10.6. The van der Waals surface area contributed by atoms with Crippen molar-refractivity contribution in [3.8, 4) is 5.75 Å². The molecule has 0 radical (unpaired) electrons. The number of esters is 1. The first-order valence-corrected chi connectivity index (χ1v) is 6.46. The number of carbonyl (C=O) groups excluding carboxylic acids is 2. The van der Waals surface area contributed by atoms with Crippen LogP contribution in [0.3, 0.4) is 0 Å². The van der Waals surface area contributed by atoms with Crippen LogP contribution in [0.25, 0.3) is 0 Å². The van der Waals surface area contributed by atoms with Crippen LogP contribution < -0.4 is 9.84 Å². The Morgan fingerprint density at radius 2 is 2.05 bits per heavy atom. The van der Waals surface area contributed by atoms with E-state index in [-0.39, 0.29) is 18.8 Å². The van der Waals surface area contributed by atoms with Crippen molar-refractivity contribution in [3.05, 3.63) is 39.5 Å². The van der Waals surface area contributed by atoms with Gasteiger partial charge in [0.2, 0.25) is 0 Å². The number of hydrogen-bond donors (Lipinski definition) is 0. The summed E-state index contributed by atoms with van der Waals surface area (Å²) in [6.45, 7) is 5.30. The predicted molar refractivity (Wildman–Crippen MR) is 74.8 cm³/mol. The molecule has 0 N–H and O–H groups in total. The van der Waals surface area contributed by atoms with Crippen LogP contribution in [0.2, 0.25) is 0 Å². The Kier molecular flexibility index (Phi) is 5.81. The maximum absolute atomic E-state index is 11.1. The molecule has 0 aromatic heterocycles. The molecule has 0 unspecified atom stereocenters. The van der Waals surface area contributed by atoms with Crippen LogP contribution in [-0.2, 0) is 9.53 Å². The highest BCUT2D eigenvalue weighted by Gasteiger charge is 2.05. The molecule has 0 aliphatic rings. The average molecular weight is 375 g/mol. The number of carbonyl (C=O) groups is 2. The molecule has 5 nitrogen and oxygen atoms in total. The van der Waals surface area contributed by atoms with Crippen molar-refractivity contribution in [2.75, 3.05) is 13.2 Å². The zero-order chi connectivity index (χ0) is 14.4. The summed E-state index contributed by atoms with van der Waals surface area (Å²) < 4.78 is 10.9. The van der Waals surface area contributed by atoms with E-state index in [2.05, 4.69) is 6.58 Å². The molecule has 0 fully saturated rings. The lowest BCUT2D eigenvalue weighted by Crippen LogP contribution is -2.22. The van der Waals surface area contributed by atoms with Gasteiger partial charge in [-0.2, -0.15) is 0 Å². The van der Waals surface area contributed by atoms with Crippen molar-refractivity contribution in [2.45, 2.75) is 6.92 Å². The summed E-state index contributed by atoms with van der Waals surface area (Å²) in [5.41, 5.74) is 0.415. The molecule has 0 saturated heterocycles. The highest BCUT2D eigenvalue weighted by Crippen LogP contribution is 2.21. The number of hydrogen-bond acceptors (Lipinski definition) is 5. The molecule has 0 atom stereocenters. The van der Waals surface area contributed by atoms with Crippen LogP contribution in [0.1, 0.15) is 17.3 Å². The number of halogens is 1. The lowest BCUT2D eigenvalue weighted by Gasteiger charge is -2.10. The van der Waals surface area contributed by atoms with Crippen molar-refractivity contribution < 1.29 is 24.2 Å². The van der Waals surface area contributed by atoms with Crippen molar-refractivity contribution in [3.63, 3.8) is 0 Å². The SMILES string of the molecule is C=C(C)C(=O)OCCOc1ccc(C(=O)[O-])cc1I. The van der Waals surface area contributed by atoms with E-state index in [9.17, 15) is 14.7 Å². The molecule has 6 heteroatoms. The topological polar surface area (TPSA) is 75.7 Å². The smallest absolute Gasteiger partial charge is 0.333 e. The number of aromatic carboxylic acids is 1. The first-order chi connectivity index (χ1) is 8.91. The second-order valence-corrected chi connectivity index (χ2v) is 4.86. The lowest BCUT2D eigenvalue weighted by atomic mass is 10.2. The Bertz CT molecular complexity index is 510. The fraction of sp³-hybridized carbons (Fsp3) is 0.231. The summed E-state index contributed by atoms with van der Waals surface area (Å²) in [4.78, 5) is 21.7. The van der Waals surface area contributed by atoms with E-state index in [1.165, 1.54) is 18.2 Å². The molecule has 0 heterocycles. The van der Waals surface area contributed by atoms with E-state index >= 15 is 0 Å². The fourth-order valence-electron chi connectivity index (χ4n) is 1.15. The Hall–Kier alpha value is -1.57. The van der Waals surface area contributed by atoms with Crippen LogP contribution in [0, 0.1) is 3.57 Å². The van der Waals surface area contributed by atoms with Gasteiger partial charge < -0.3 is 19.4 Å². The number of rotatable bonds is 6. The van der Waals surface area contributed by atoms with Crippen molar-refractivity contribution >= 4 is 34.5 Å². The molecule has 0 spiro atoms. The van der Waals surface area contributed by atoms with E-state index in [4.69, 9.17) is 9.47 Å². The summed E-state index contributed by atoms with van der Waals surface area (Å²) >= 11 is 1.96. The van der Waals surface area contributed by atoms with Crippen LogP contribution in [0.5, 0.6) is 5.75 Å². The van der Waals surface area contributed by atoms with Gasteiger partial charge in [-0.25, -0.2) is 4.79 Å². The maximum Gasteiger partial charge on any atom is 0.333 e. The van der Waals surface area contributed by atoms with Crippen LogP contribution in [-0.4, -0.2) is 25.2 Å². The second kappa shape index (κ2) is 7.13. The molecule has 1 aromatic carbocycles. The van der Waals surface area contributed by atoms with Crippen molar-refractivity contribution in [1.82, 2.24) is 0 Å². The number of ether oxygens (including phenoxy) is 2. The molecule has 1 aromatic rings. The highest BCUT2D eigenvalue weighted by molar-refractivity contribution is 14.1. The predicted octanol–water partition coefficient (Wildman–Crippen LogP) is 1.15. The summed E-state index contributed by atoms with van der Waals surface area (Å²) in [5.74, 6) is -1.18. The molecule has 0 bridgehead atoms. The van der Waals surface area contributed by atoms with E-state index in [1.54, 1.807) is 6.92 Å². The lowest BCUT2D eigenvalue weighted by molar-refractivity contribution is -0.255. The minimum absolute atomic E-state index is 0.0884. The largest absolute Gasteiger partial charge is 0.545 e. The van der Waals surface area contributed by atoms with E-state index in [1.807, 2.05) is 22.6 Å². The van der Waals surface area contributed by atoms with Gasteiger partial charge in [-0.3, -0.25) is 0 Å². The van der Waals surface area contributed by atoms with E-state index in [0.29, 0.717) is 14.9 Å². The summed E-state index contributed by atoms with van der Waals surface area (Å²) in [7, 11) is 0. The first kappa shape index (κ1) is 15.5. The molecule has 0 saturated carbocycles. The summed E-state index contributed by atoms with van der Waals surface area (Å²) in [6.07, 6.45) is 0. The third-order valence-corrected chi connectivity index (χ3v) is 2.93. The monoisotopic (exact) mass is 375 g/mol. The maximum atomic E-state index is 11.1. The van der Waals surface area contributed by atoms with Gasteiger partial charge in [0.15, 0.2) is 0 Å². The first-order valence-electron chi connectivity index (χ1n) is 5.38. The van der Waals surface area contributed by atoms with Gasteiger partial charge in [-0.1, -0.05) is 6.58 Å². The Morgan fingerprint density at radius 3 is 2.58 bits per heavy atom. The van der Waals surface area contributed by atoms with Crippen LogP contribution in [0.15, 0.2) is 30.4 Å². The standard InChI is InChI=1S/C13H13IO5/c1-8(2)13(17)19-6-5-18-11-4-3-9(12(15)16)7-10(11)14/h3-4,7H,1,5-6H2,2H3,(H,15,16)/p-1. The number of benzene rings is 1. The molecule has 0 aliphatic heterocycles. The zero-order valence-corrected chi connectivity index (χ0v) is 12.4. The van der Waals surface area contributed by atoms with Gasteiger partial charge in [0, 0.05) is 5.57 Å². The Morgan fingerprint density at radius 1 is 1.37 bits per heavy atom. The van der Waals surface area contributed by atoms with E-state index in [0.717, 1.165) is 0 Å². The molecule has 102 valence electrons. The van der Waals surface area contributed by atoms with Crippen LogP contribution in [0.4, 0.5) is 0 Å². The minimum Gasteiger partial charge on any atom is -0.545 e. The molecular formula is C13H12IO5-. The third kappa shape index (κ3) is 4.90. The van der Waals surface area contributed by atoms with Gasteiger partial charge >= 0.3 is 5.97 Å². The van der Waals surface area contributed by atoms with Gasteiger partial charge in [0.25, 0.3) is 0 Å². The zero-order valence-electron chi connectivity index (χ0n) is 10.3. The van der Waals surface area contributed by atoms with Gasteiger partial charge in [-0.05, 0) is 53.3 Å². The van der Waals surface area contributed by atoms with Crippen molar-refractivity contribution in [2.24, 2.45) is 0 Å². The molecule has 1 rings (SSSR count). The second-order valence-electron chi connectivity index (χ2n) is 3.70. The van der Waals surface area contributed by atoms with Crippen LogP contribution >= 0.6 is 22.6 Å². The molecule has 0 amide bonds. The molecule has 0 aliphatic carbocycles. The van der Waals surface area contributed by atoms with Crippen molar-refractivity contribution in [1.29, 1.82) is 0 Å². The highest BCUT2D eigenvalue weighted by atomic mass is 127. The Labute approximate surface area is 124 Å².